The number of esters is 1. The predicted molar refractivity (Wildman–Crippen MR) is 68.1 cm³/mol. The molecule has 88 valence electrons. The Labute approximate surface area is 98.0 Å². The average Bonchev–Trinajstić information content (AvgIpc) is 2.27. The number of rotatable bonds is 4. The summed E-state index contributed by atoms with van der Waals surface area (Å²) in [7, 11) is 1.38. The van der Waals surface area contributed by atoms with Crippen molar-refractivity contribution < 1.29 is 9.53 Å². The van der Waals surface area contributed by atoms with E-state index in [1.165, 1.54) is 12.7 Å². The molecule has 16 heavy (non-hydrogen) atoms. The Balaban J connectivity index is 4.52. The average molecular weight is 220 g/mol. The van der Waals surface area contributed by atoms with Gasteiger partial charge in [-0.15, -0.1) is 0 Å². The van der Waals surface area contributed by atoms with Crippen molar-refractivity contribution in [2.45, 2.75) is 27.7 Å². The van der Waals surface area contributed by atoms with Crippen LogP contribution in [0.15, 0.2) is 47.1 Å². The first kappa shape index (κ1) is 14.4. The molecule has 0 rings (SSSR count). The SMILES string of the molecule is C/C=C(C)/C=C(C)/C=C/C=C(\C)C(=O)OC. The molecule has 0 aromatic heterocycles. The fraction of sp³-hybridized carbons (Fsp3) is 0.357. The number of methoxy groups -OCH3 is 1. The van der Waals surface area contributed by atoms with Crippen molar-refractivity contribution in [2.24, 2.45) is 0 Å². The van der Waals surface area contributed by atoms with Gasteiger partial charge in [-0.2, -0.15) is 0 Å². The molecule has 0 N–H and O–H groups in total. The van der Waals surface area contributed by atoms with E-state index < -0.39 is 0 Å². The lowest BCUT2D eigenvalue weighted by Gasteiger charge is -1.96. The molecule has 0 aromatic carbocycles. The van der Waals surface area contributed by atoms with E-state index in [1.807, 2.05) is 39.0 Å². The summed E-state index contributed by atoms with van der Waals surface area (Å²) in [6, 6.07) is 0. The highest BCUT2D eigenvalue weighted by molar-refractivity contribution is 5.87. The third kappa shape index (κ3) is 6.02. The molecule has 0 bridgehead atoms. The van der Waals surface area contributed by atoms with Gasteiger partial charge in [0.25, 0.3) is 0 Å². The minimum Gasteiger partial charge on any atom is -0.466 e. The summed E-state index contributed by atoms with van der Waals surface area (Å²) < 4.78 is 4.59. The van der Waals surface area contributed by atoms with Crippen molar-refractivity contribution in [3.8, 4) is 0 Å². The Bertz CT molecular complexity index is 355. The van der Waals surface area contributed by atoms with Gasteiger partial charge in [0.05, 0.1) is 7.11 Å². The third-order valence-electron chi connectivity index (χ3n) is 2.12. The van der Waals surface area contributed by atoms with Gasteiger partial charge in [-0.25, -0.2) is 4.79 Å². The lowest BCUT2D eigenvalue weighted by Crippen LogP contribution is -2.00. The van der Waals surface area contributed by atoms with E-state index in [4.69, 9.17) is 0 Å². The van der Waals surface area contributed by atoms with Crippen LogP contribution in [0.1, 0.15) is 27.7 Å². The van der Waals surface area contributed by atoms with Crippen molar-refractivity contribution in [1.82, 2.24) is 0 Å². The molecule has 0 spiro atoms. The zero-order valence-corrected chi connectivity index (χ0v) is 10.7. The summed E-state index contributed by atoms with van der Waals surface area (Å²) in [5, 5.41) is 0. The molecule has 0 aliphatic heterocycles. The predicted octanol–water partition coefficient (Wildman–Crippen LogP) is 3.57. The Kier molecular flexibility index (Phi) is 6.93. The van der Waals surface area contributed by atoms with Gasteiger partial charge < -0.3 is 4.74 Å². The van der Waals surface area contributed by atoms with Crippen LogP contribution in [0.3, 0.4) is 0 Å². The van der Waals surface area contributed by atoms with Crippen molar-refractivity contribution in [3.05, 3.63) is 47.1 Å². The molecule has 0 atom stereocenters. The molecule has 0 heterocycles. The van der Waals surface area contributed by atoms with Crippen LogP contribution in [0.5, 0.6) is 0 Å². The normalized spacial score (nSPS) is 14.4. The smallest absolute Gasteiger partial charge is 0.333 e. The third-order valence-corrected chi connectivity index (χ3v) is 2.12. The molecule has 2 heteroatoms. The van der Waals surface area contributed by atoms with Crippen molar-refractivity contribution in [1.29, 1.82) is 0 Å². The molecule has 2 nitrogen and oxygen atoms in total. The van der Waals surface area contributed by atoms with E-state index in [-0.39, 0.29) is 5.97 Å². The second kappa shape index (κ2) is 7.69. The molecular formula is C14H20O2. The van der Waals surface area contributed by atoms with Crippen LogP contribution < -0.4 is 0 Å². The maximum atomic E-state index is 11.1. The number of carbonyl (C=O) groups excluding carboxylic acids is 1. The zero-order chi connectivity index (χ0) is 12.6. The molecule has 0 aromatic rings. The van der Waals surface area contributed by atoms with E-state index in [0.29, 0.717) is 5.57 Å². The number of hydrogen-bond donors (Lipinski definition) is 0. The lowest BCUT2D eigenvalue weighted by atomic mass is 10.1. The van der Waals surface area contributed by atoms with Gasteiger partial charge in [0.2, 0.25) is 0 Å². The van der Waals surface area contributed by atoms with Crippen molar-refractivity contribution in [3.63, 3.8) is 0 Å². The largest absolute Gasteiger partial charge is 0.466 e. The van der Waals surface area contributed by atoms with Gasteiger partial charge in [-0.3, -0.25) is 0 Å². The summed E-state index contributed by atoms with van der Waals surface area (Å²) in [5.41, 5.74) is 2.95. The van der Waals surface area contributed by atoms with E-state index in [9.17, 15) is 4.79 Å². The van der Waals surface area contributed by atoms with Gasteiger partial charge in [0.15, 0.2) is 0 Å². The molecular weight excluding hydrogens is 200 g/mol. The Morgan fingerprint density at radius 3 is 2.25 bits per heavy atom. The van der Waals surface area contributed by atoms with Gasteiger partial charge >= 0.3 is 5.97 Å². The molecule has 0 amide bonds. The van der Waals surface area contributed by atoms with Gasteiger partial charge in [-0.05, 0) is 27.7 Å². The number of carbonyl (C=O) groups is 1. The maximum Gasteiger partial charge on any atom is 0.333 e. The van der Waals surface area contributed by atoms with Crippen LogP contribution in [0.4, 0.5) is 0 Å². The molecule has 0 saturated heterocycles. The fourth-order valence-corrected chi connectivity index (χ4v) is 1.06. The molecule has 0 aliphatic rings. The number of ether oxygens (including phenoxy) is 1. The minimum atomic E-state index is -0.295. The standard InChI is InChI=1S/C14H20O2/c1-6-11(2)10-12(3)8-7-9-13(4)14(15)16-5/h6-10H,1-5H3/b8-7+,11-6+,12-10+,13-9+. The van der Waals surface area contributed by atoms with Gasteiger partial charge in [-0.1, -0.05) is 41.5 Å². The molecule has 0 radical (unpaired) electrons. The van der Waals surface area contributed by atoms with Crippen molar-refractivity contribution >= 4 is 5.97 Å². The van der Waals surface area contributed by atoms with Crippen LogP contribution in [0.25, 0.3) is 0 Å². The van der Waals surface area contributed by atoms with E-state index in [2.05, 4.69) is 10.8 Å². The first-order valence-corrected chi connectivity index (χ1v) is 5.25. The Morgan fingerprint density at radius 2 is 1.75 bits per heavy atom. The molecule has 0 aliphatic carbocycles. The second-order valence-corrected chi connectivity index (χ2v) is 3.62. The highest BCUT2D eigenvalue weighted by atomic mass is 16.5. The van der Waals surface area contributed by atoms with Crippen LogP contribution in [0.2, 0.25) is 0 Å². The van der Waals surface area contributed by atoms with Crippen LogP contribution in [-0.2, 0) is 9.53 Å². The highest BCUT2D eigenvalue weighted by Gasteiger charge is 1.99. The van der Waals surface area contributed by atoms with E-state index >= 15 is 0 Å². The van der Waals surface area contributed by atoms with Crippen LogP contribution in [0, 0.1) is 0 Å². The first-order chi connectivity index (χ1) is 7.51. The summed E-state index contributed by atoms with van der Waals surface area (Å²) in [6.07, 6.45) is 9.68. The summed E-state index contributed by atoms with van der Waals surface area (Å²) in [4.78, 5) is 11.1. The molecule has 0 saturated carbocycles. The highest BCUT2D eigenvalue weighted by Crippen LogP contribution is 2.03. The van der Waals surface area contributed by atoms with Crippen molar-refractivity contribution in [2.75, 3.05) is 7.11 Å². The lowest BCUT2D eigenvalue weighted by molar-refractivity contribution is -0.136. The van der Waals surface area contributed by atoms with Gasteiger partial charge in [0, 0.05) is 5.57 Å². The summed E-state index contributed by atoms with van der Waals surface area (Å²) in [5.74, 6) is -0.295. The van der Waals surface area contributed by atoms with Crippen LogP contribution in [-0.4, -0.2) is 13.1 Å². The van der Waals surface area contributed by atoms with Gasteiger partial charge in [0.1, 0.15) is 0 Å². The first-order valence-electron chi connectivity index (χ1n) is 5.25. The number of allylic oxidation sites excluding steroid dienone is 7. The quantitative estimate of drug-likeness (QED) is 0.411. The Hall–Kier alpha value is -1.57. The monoisotopic (exact) mass is 220 g/mol. The Morgan fingerprint density at radius 1 is 1.12 bits per heavy atom. The maximum absolute atomic E-state index is 11.1. The summed E-state index contributed by atoms with van der Waals surface area (Å²) >= 11 is 0. The fourth-order valence-electron chi connectivity index (χ4n) is 1.06. The summed E-state index contributed by atoms with van der Waals surface area (Å²) in [6.45, 7) is 7.80. The van der Waals surface area contributed by atoms with Crippen LogP contribution >= 0.6 is 0 Å². The van der Waals surface area contributed by atoms with E-state index in [0.717, 1.165) is 5.57 Å². The van der Waals surface area contributed by atoms with E-state index in [1.54, 1.807) is 13.0 Å². The number of hydrogen-bond acceptors (Lipinski definition) is 2. The second-order valence-electron chi connectivity index (χ2n) is 3.62. The minimum absolute atomic E-state index is 0.295. The molecule has 0 fully saturated rings. The molecule has 0 unspecified atom stereocenters. The zero-order valence-electron chi connectivity index (χ0n) is 10.7. The topological polar surface area (TPSA) is 26.3 Å².